The summed E-state index contributed by atoms with van der Waals surface area (Å²) in [4.78, 5) is 10.8. The van der Waals surface area contributed by atoms with Gasteiger partial charge in [0.2, 0.25) is 11.0 Å². The number of nitro groups is 1. The quantitative estimate of drug-likeness (QED) is 0.222. The molecule has 0 amide bonds. The van der Waals surface area contributed by atoms with E-state index >= 15 is 0 Å². The zero-order chi connectivity index (χ0) is 18.4. The minimum Gasteiger partial charge on any atom is -0.258 e. The molecule has 0 N–H and O–H groups in total. The van der Waals surface area contributed by atoms with Gasteiger partial charge < -0.3 is 0 Å². The van der Waals surface area contributed by atoms with Crippen molar-refractivity contribution in [3.8, 4) is 11.1 Å². The Balaban J connectivity index is 2.09. The third-order valence-corrected chi connectivity index (χ3v) is 5.04. The second-order valence-electron chi connectivity index (χ2n) is 6.71. The number of fused-ring (bicyclic) bond motifs is 2. The molecule has 0 fully saturated rings. The fraction of sp³-hybridized carbons (Fsp3) is 0.136. The number of nitro benzene ring substituents is 1. The number of nitrogens with zero attached hydrogens (tertiary/aromatic N) is 2. The Labute approximate surface area is 151 Å². The summed E-state index contributed by atoms with van der Waals surface area (Å²) in [5.41, 5.74) is 6.46. The van der Waals surface area contributed by atoms with Crippen LogP contribution in [0.4, 0.5) is 5.69 Å². The lowest BCUT2D eigenvalue weighted by molar-refractivity contribution is -0.617. The Hall–Kier alpha value is -3.27. The number of non-ortho nitro benzene ring substituents is 1. The number of para-hydroxylation sites is 1. The van der Waals surface area contributed by atoms with Gasteiger partial charge in [-0.3, -0.25) is 10.1 Å². The van der Waals surface area contributed by atoms with E-state index in [-0.39, 0.29) is 10.6 Å². The van der Waals surface area contributed by atoms with Gasteiger partial charge in [-0.15, -0.1) is 0 Å². The largest absolute Gasteiger partial charge is 0.269 e. The maximum atomic E-state index is 11.2. The first-order chi connectivity index (χ1) is 12.5. The molecule has 4 aromatic rings. The molecule has 0 atom stereocenters. The summed E-state index contributed by atoms with van der Waals surface area (Å²) in [6.07, 6.45) is 0. The molecule has 0 radical (unpaired) electrons. The minimum atomic E-state index is -0.333. The van der Waals surface area contributed by atoms with Gasteiger partial charge in [-0.05, 0) is 48.2 Å². The van der Waals surface area contributed by atoms with Crippen LogP contribution in [-0.4, -0.2) is 4.92 Å². The molecule has 0 aliphatic rings. The van der Waals surface area contributed by atoms with Crippen molar-refractivity contribution in [1.82, 2.24) is 0 Å². The monoisotopic (exact) mass is 343 g/mol. The van der Waals surface area contributed by atoms with Gasteiger partial charge in [0.1, 0.15) is 7.05 Å². The first-order valence-corrected chi connectivity index (χ1v) is 8.54. The molecule has 26 heavy (non-hydrogen) atoms. The van der Waals surface area contributed by atoms with Crippen LogP contribution in [-0.2, 0) is 7.05 Å². The molecule has 3 aromatic carbocycles. The fourth-order valence-corrected chi connectivity index (χ4v) is 3.89. The number of aromatic nitrogens is 1. The lowest BCUT2D eigenvalue weighted by atomic mass is 9.92. The van der Waals surface area contributed by atoms with E-state index in [0.717, 1.165) is 33.2 Å². The zero-order valence-electron chi connectivity index (χ0n) is 15.0. The summed E-state index contributed by atoms with van der Waals surface area (Å²) >= 11 is 0. The third kappa shape index (κ3) is 2.42. The number of hydrogen-bond acceptors (Lipinski definition) is 2. The molecule has 4 nitrogen and oxygen atoms in total. The molecule has 0 unspecified atom stereocenters. The Morgan fingerprint density at radius 1 is 0.885 bits per heavy atom. The second-order valence-corrected chi connectivity index (χ2v) is 6.71. The van der Waals surface area contributed by atoms with Crippen molar-refractivity contribution in [3.05, 3.63) is 81.9 Å². The first kappa shape index (κ1) is 16.2. The SMILES string of the molecule is Cc1cc([N+](=O)[O-])cc(C)c1-c1cccc2c1cc1ccccc1[n+]2C. The predicted octanol–water partition coefficient (Wildman–Crippen LogP) is 5.01. The van der Waals surface area contributed by atoms with Crippen LogP contribution in [0.5, 0.6) is 0 Å². The Kier molecular flexibility index (Phi) is 3.69. The van der Waals surface area contributed by atoms with E-state index in [4.69, 9.17) is 0 Å². The maximum Gasteiger partial charge on any atom is 0.269 e. The first-order valence-electron chi connectivity index (χ1n) is 8.54. The van der Waals surface area contributed by atoms with E-state index in [1.54, 1.807) is 12.1 Å². The molecule has 128 valence electrons. The van der Waals surface area contributed by atoms with Crippen LogP contribution in [0.25, 0.3) is 32.9 Å². The highest BCUT2D eigenvalue weighted by molar-refractivity contribution is 5.99. The van der Waals surface area contributed by atoms with Crippen molar-refractivity contribution in [2.45, 2.75) is 13.8 Å². The van der Waals surface area contributed by atoms with Crippen molar-refractivity contribution in [2.75, 3.05) is 0 Å². The van der Waals surface area contributed by atoms with Gasteiger partial charge in [-0.25, -0.2) is 0 Å². The fourth-order valence-electron chi connectivity index (χ4n) is 3.89. The molecule has 0 spiro atoms. The molecular weight excluding hydrogens is 324 g/mol. The molecule has 0 aliphatic carbocycles. The van der Waals surface area contributed by atoms with Crippen LogP contribution in [0.3, 0.4) is 0 Å². The standard InChI is InChI=1S/C22H19N2O2/c1-14-11-17(24(25)26)12-15(2)22(14)18-8-6-10-21-19(18)13-16-7-4-5-9-20(16)23(21)3/h4-13H,1-3H3/q+1. The van der Waals surface area contributed by atoms with Crippen molar-refractivity contribution in [3.63, 3.8) is 0 Å². The van der Waals surface area contributed by atoms with Gasteiger partial charge in [0.25, 0.3) is 5.69 Å². The average molecular weight is 343 g/mol. The number of aryl methyl sites for hydroxylation is 3. The van der Waals surface area contributed by atoms with Gasteiger partial charge >= 0.3 is 0 Å². The van der Waals surface area contributed by atoms with E-state index in [9.17, 15) is 10.1 Å². The highest BCUT2D eigenvalue weighted by Crippen LogP contribution is 2.35. The number of benzene rings is 3. The smallest absolute Gasteiger partial charge is 0.258 e. The number of pyridine rings is 1. The van der Waals surface area contributed by atoms with Crippen molar-refractivity contribution in [2.24, 2.45) is 7.05 Å². The van der Waals surface area contributed by atoms with Crippen LogP contribution in [0, 0.1) is 24.0 Å². The third-order valence-electron chi connectivity index (χ3n) is 5.04. The van der Waals surface area contributed by atoms with E-state index in [1.807, 2.05) is 32.0 Å². The molecule has 1 aromatic heterocycles. The van der Waals surface area contributed by atoms with Crippen LogP contribution in [0.15, 0.2) is 60.7 Å². The molecule has 1 heterocycles. The lowest BCUT2D eigenvalue weighted by Crippen LogP contribution is -2.30. The van der Waals surface area contributed by atoms with Crippen molar-refractivity contribution < 1.29 is 9.49 Å². The summed E-state index contributed by atoms with van der Waals surface area (Å²) in [7, 11) is 2.07. The second kappa shape index (κ2) is 5.92. The molecule has 0 saturated carbocycles. The molecule has 0 saturated heterocycles. The highest BCUT2D eigenvalue weighted by atomic mass is 16.6. The predicted molar refractivity (Wildman–Crippen MR) is 104 cm³/mol. The maximum absolute atomic E-state index is 11.2. The van der Waals surface area contributed by atoms with Gasteiger partial charge in [0.05, 0.1) is 10.3 Å². The van der Waals surface area contributed by atoms with Crippen LogP contribution >= 0.6 is 0 Å². The van der Waals surface area contributed by atoms with E-state index < -0.39 is 0 Å². The average Bonchev–Trinajstić information content (AvgIpc) is 2.62. The summed E-state index contributed by atoms with van der Waals surface area (Å²) in [5, 5.41) is 13.5. The summed E-state index contributed by atoms with van der Waals surface area (Å²) in [5.74, 6) is 0. The van der Waals surface area contributed by atoms with E-state index in [1.165, 1.54) is 10.9 Å². The van der Waals surface area contributed by atoms with Gasteiger partial charge in [0.15, 0.2) is 0 Å². The van der Waals surface area contributed by atoms with Gasteiger partial charge in [0, 0.05) is 29.7 Å². The summed E-state index contributed by atoms with van der Waals surface area (Å²) in [6, 6.07) is 20.1. The molecular formula is C22H19N2O2+. The Bertz CT molecular complexity index is 1170. The van der Waals surface area contributed by atoms with Gasteiger partial charge in [-0.2, -0.15) is 4.57 Å². The highest BCUT2D eigenvalue weighted by Gasteiger charge is 2.18. The minimum absolute atomic E-state index is 0.139. The molecule has 0 bridgehead atoms. The lowest BCUT2D eigenvalue weighted by Gasteiger charge is -2.13. The number of rotatable bonds is 2. The van der Waals surface area contributed by atoms with Crippen LogP contribution in [0.2, 0.25) is 0 Å². The molecule has 4 rings (SSSR count). The molecule has 4 heteroatoms. The van der Waals surface area contributed by atoms with Crippen molar-refractivity contribution >= 4 is 27.5 Å². The Morgan fingerprint density at radius 2 is 1.54 bits per heavy atom. The number of hydrogen-bond donors (Lipinski definition) is 0. The van der Waals surface area contributed by atoms with Crippen molar-refractivity contribution in [1.29, 1.82) is 0 Å². The normalized spacial score (nSPS) is 11.2. The zero-order valence-corrected chi connectivity index (χ0v) is 15.0. The summed E-state index contributed by atoms with van der Waals surface area (Å²) in [6.45, 7) is 3.88. The summed E-state index contributed by atoms with van der Waals surface area (Å²) < 4.78 is 2.20. The van der Waals surface area contributed by atoms with Crippen LogP contribution in [0.1, 0.15) is 11.1 Å². The van der Waals surface area contributed by atoms with Crippen LogP contribution < -0.4 is 4.57 Å². The Morgan fingerprint density at radius 3 is 2.23 bits per heavy atom. The van der Waals surface area contributed by atoms with E-state index in [0.29, 0.717) is 0 Å². The topological polar surface area (TPSA) is 47.0 Å². The van der Waals surface area contributed by atoms with E-state index in [2.05, 4.69) is 41.9 Å². The molecule has 0 aliphatic heterocycles. The van der Waals surface area contributed by atoms with Gasteiger partial charge in [-0.1, -0.05) is 24.3 Å².